The maximum atomic E-state index is 5.15. The molecule has 0 spiro atoms. The van der Waals surface area contributed by atoms with Crippen LogP contribution in [0.15, 0.2) is 47.4 Å². The lowest BCUT2D eigenvalue weighted by molar-refractivity contribution is 1.49. The van der Waals surface area contributed by atoms with E-state index in [9.17, 15) is 0 Å². The molecule has 0 bridgehead atoms. The predicted molar refractivity (Wildman–Crippen MR) is 61.7 cm³/mol. The van der Waals surface area contributed by atoms with Crippen molar-refractivity contribution in [2.45, 2.75) is 4.90 Å². The van der Waals surface area contributed by atoms with Gasteiger partial charge in [-0.2, -0.15) is 0 Å². The fourth-order valence-corrected chi connectivity index (χ4v) is 2.01. The van der Waals surface area contributed by atoms with Crippen LogP contribution in [0.1, 0.15) is 0 Å². The molecule has 1 radical (unpaired) electrons. The molecule has 3 rings (SSSR count). The number of aromatic nitrogens is 1. The number of H-pyrrole nitrogens is 1. The fourth-order valence-electron chi connectivity index (χ4n) is 1.83. The number of aromatic amines is 1. The van der Waals surface area contributed by atoms with Crippen molar-refractivity contribution in [3.63, 3.8) is 0 Å². The van der Waals surface area contributed by atoms with E-state index in [0.717, 1.165) is 10.4 Å². The Labute approximate surface area is 87.2 Å². The molecule has 2 heteroatoms. The molecular weight excluding hydrogens is 190 g/mol. The number of hydrogen-bond acceptors (Lipinski definition) is 0. The van der Waals surface area contributed by atoms with Crippen LogP contribution in [0, 0.1) is 0 Å². The minimum Gasteiger partial charge on any atom is -0.355 e. The van der Waals surface area contributed by atoms with Crippen LogP contribution >= 0.6 is 12.6 Å². The van der Waals surface area contributed by atoms with Gasteiger partial charge >= 0.3 is 0 Å². The highest BCUT2D eigenvalue weighted by atomic mass is 32.1. The third kappa shape index (κ3) is 1.01. The summed E-state index contributed by atoms with van der Waals surface area (Å²) in [6.07, 6.45) is 0. The second-order valence-corrected chi connectivity index (χ2v) is 3.85. The number of benzene rings is 2. The Morgan fingerprint density at radius 2 is 1.64 bits per heavy atom. The molecule has 67 valence electrons. The molecule has 0 saturated heterocycles. The smallest absolute Gasteiger partial charge is 0.0465 e. The third-order valence-corrected chi connectivity index (χ3v) is 2.73. The van der Waals surface area contributed by atoms with E-state index in [-0.39, 0.29) is 0 Å². The van der Waals surface area contributed by atoms with Crippen molar-refractivity contribution in [3.8, 4) is 0 Å². The summed E-state index contributed by atoms with van der Waals surface area (Å²) >= 11 is 5.15. The van der Waals surface area contributed by atoms with E-state index >= 15 is 0 Å². The Balaban J connectivity index is 2.58. The fraction of sp³-hybridized carbons (Fsp3) is 0. The van der Waals surface area contributed by atoms with Crippen LogP contribution in [-0.2, 0) is 0 Å². The SMILES string of the molecule is [S]c1ccc2[nH]c3ccccc3c2c1. The molecule has 0 fully saturated rings. The summed E-state index contributed by atoms with van der Waals surface area (Å²) in [5.74, 6) is 0. The van der Waals surface area contributed by atoms with E-state index in [1.807, 2.05) is 30.3 Å². The number of hydrogen-bond donors (Lipinski definition) is 1. The van der Waals surface area contributed by atoms with Gasteiger partial charge in [0.15, 0.2) is 0 Å². The molecular formula is C12H8NS. The molecule has 0 amide bonds. The number of para-hydroxylation sites is 1. The van der Waals surface area contributed by atoms with E-state index in [1.54, 1.807) is 0 Å². The van der Waals surface area contributed by atoms with Gasteiger partial charge in [0.2, 0.25) is 0 Å². The Kier molecular flexibility index (Phi) is 1.52. The van der Waals surface area contributed by atoms with Crippen LogP contribution < -0.4 is 0 Å². The molecule has 1 aromatic heterocycles. The van der Waals surface area contributed by atoms with Crippen LogP contribution in [-0.4, -0.2) is 4.98 Å². The van der Waals surface area contributed by atoms with Crippen LogP contribution in [0.4, 0.5) is 0 Å². The van der Waals surface area contributed by atoms with E-state index in [0.29, 0.717) is 0 Å². The first-order valence-electron chi connectivity index (χ1n) is 4.52. The van der Waals surface area contributed by atoms with Crippen LogP contribution in [0.25, 0.3) is 21.8 Å². The molecule has 0 aliphatic carbocycles. The van der Waals surface area contributed by atoms with Gasteiger partial charge in [0.1, 0.15) is 0 Å². The van der Waals surface area contributed by atoms with Crippen LogP contribution in [0.2, 0.25) is 0 Å². The van der Waals surface area contributed by atoms with Gasteiger partial charge in [0.25, 0.3) is 0 Å². The zero-order valence-corrected chi connectivity index (χ0v) is 8.27. The Bertz CT molecular complexity index is 610. The van der Waals surface area contributed by atoms with Crippen molar-refractivity contribution in [1.29, 1.82) is 0 Å². The van der Waals surface area contributed by atoms with Crippen molar-refractivity contribution in [2.75, 3.05) is 0 Å². The zero-order valence-electron chi connectivity index (χ0n) is 7.45. The largest absolute Gasteiger partial charge is 0.355 e. The van der Waals surface area contributed by atoms with Gasteiger partial charge in [-0.05, 0) is 24.3 Å². The van der Waals surface area contributed by atoms with Gasteiger partial charge in [-0.25, -0.2) is 0 Å². The van der Waals surface area contributed by atoms with Crippen molar-refractivity contribution in [3.05, 3.63) is 42.5 Å². The molecule has 0 aliphatic rings. The molecule has 0 atom stereocenters. The van der Waals surface area contributed by atoms with Gasteiger partial charge in [0, 0.05) is 26.7 Å². The van der Waals surface area contributed by atoms with Gasteiger partial charge in [0.05, 0.1) is 0 Å². The number of fused-ring (bicyclic) bond motifs is 3. The first-order chi connectivity index (χ1) is 6.84. The number of rotatable bonds is 0. The zero-order chi connectivity index (χ0) is 9.54. The quantitative estimate of drug-likeness (QED) is 0.564. The first-order valence-corrected chi connectivity index (χ1v) is 4.93. The minimum atomic E-state index is 0.891. The third-order valence-electron chi connectivity index (χ3n) is 2.48. The summed E-state index contributed by atoms with van der Waals surface area (Å²) in [6.45, 7) is 0. The summed E-state index contributed by atoms with van der Waals surface area (Å²) in [5, 5.41) is 2.46. The van der Waals surface area contributed by atoms with Crippen LogP contribution in [0.5, 0.6) is 0 Å². The molecule has 2 aromatic carbocycles. The molecule has 0 unspecified atom stereocenters. The predicted octanol–water partition coefficient (Wildman–Crippen LogP) is 3.88. The van der Waals surface area contributed by atoms with Gasteiger partial charge in [-0.1, -0.05) is 30.8 Å². The molecule has 1 heterocycles. The topological polar surface area (TPSA) is 15.8 Å². The van der Waals surface area contributed by atoms with Crippen molar-refractivity contribution < 1.29 is 0 Å². The molecule has 14 heavy (non-hydrogen) atoms. The summed E-state index contributed by atoms with van der Waals surface area (Å²) in [7, 11) is 0. The molecule has 0 aliphatic heterocycles. The van der Waals surface area contributed by atoms with Crippen molar-refractivity contribution >= 4 is 34.4 Å². The summed E-state index contributed by atoms with van der Waals surface area (Å²) in [6, 6.07) is 14.3. The second kappa shape index (κ2) is 2.72. The summed E-state index contributed by atoms with van der Waals surface area (Å²) in [4.78, 5) is 4.25. The summed E-state index contributed by atoms with van der Waals surface area (Å²) in [5.41, 5.74) is 2.32. The normalized spacial score (nSPS) is 11.1. The van der Waals surface area contributed by atoms with Crippen molar-refractivity contribution in [2.24, 2.45) is 0 Å². The Hall–Kier alpha value is -1.54. The summed E-state index contributed by atoms with van der Waals surface area (Å²) < 4.78 is 0. The van der Waals surface area contributed by atoms with Crippen LogP contribution in [0.3, 0.4) is 0 Å². The Morgan fingerprint density at radius 3 is 2.57 bits per heavy atom. The number of nitrogens with one attached hydrogen (secondary N) is 1. The molecule has 0 saturated carbocycles. The highest BCUT2D eigenvalue weighted by molar-refractivity contribution is 7.80. The lowest BCUT2D eigenvalue weighted by atomic mass is 10.1. The highest BCUT2D eigenvalue weighted by Gasteiger charge is 2.02. The van der Waals surface area contributed by atoms with Crippen molar-refractivity contribution in [1.82, 2.24) is 4.98 Å². The highest BCUT2D eigenvalue weighted by Crippen LogP contribution is 2.26. The minimum absolute atomic E-state index is 0.891. The van der Waals surface area contributed by atoms with E-state index in [1.165, 1.54) is 16.3 Å². The average molecular weight is 198 g/mol. The second-order valence-electron chi connectivity index (χ2n) is 3.38. The lowest BCUT2D eigenvalue weighted by Crippen LogP contribution is -1.67. The standard InChI is InChI=1S/C12H8NS/c14-8-5-6-12-10(7-8)9-3-1-2-4-11(9)13-12/h1-7,13H. The maximum Gasteiger partial charge on any atom is 0.0465 e. The van der Waals surface area contributed by atoms with Gasteiger partial charge in [-0.3, -0.25) is 0 Å². The first kappa shape index (κ1) is 7.83. The lowest BCUT2D eigenvalue weighted by Gasteiger charge is -1.91. The molecule has 1 nitrogen and oxygen atoms in total. The monoisotopic (exact) mass is 198 g/mol. The maximum absolute atomic E-state index is 5.15. The van der Waals surface area contributed by atoms with E-state index < -0.39 is 0 Å². The molecule has 3 aromatic rings. The van der Waals surface area contributed by atoms with Gasteiger partial charge < -0.3 is 4.98 Å². The van der Waals surface area contributed by atoms with E-state index in [2.05, 4.69) is 17.1 Å². The van der Waals surface area contributed by atoms with Gasteiger partial charge in [-0.15, -0.1) is 0 Å². The van der Waals surface area contributed by atoms with E-state index in [4.69, 9.17) is 12.6 Å². The average Bonchev–Trinajstić information content (AvgIpc) is 2.56. The Morgan fingerprint density at radius 1 is 0.857 bits per heavy atom. The molecule has 1 N–H and O–H groups in total.